The van der Waals surface area contributed by atoms with Crippen LogP contribution in [0.2, 0.25) is 0 Å². The Morgan fingerprint density at radius 3 is 1.44 bits per heavy atom. The monoisotopic (exact) mass is 840 g/mol. The third-order valence-corrected chi connectivity index (χ3v) is 13.8. The number of pyridine rings is 1. The van der Waals surface area contributed by atoms with E-state index >= 15 is 0 Å². The van der Waals surface area contributed by atoms with Crippen LogP contribution in [0.15, 0.2) is 218 Å². The van der Waals surface area contributed by atoms with Gasteiger partial charge in [-0.15, -0.1) is 11.3 Å². The van der Waals surface area contributed by atoms with Crippen LogP contribution in [0.1, 0.15) is 11.0 Å². The smallest absolute Gasteiger partial charge is 0.140 e. The van der Waals surface area contributed by atoms with Gasteiger partial charge in [-0.1, -0.05) is 152 Å². The summed E-state index contributed by atoms with van der Waals surface area (Å²) in [6.07, 6.45) is 0. The van der Waals surface area contributed by atoms with Crippen molar-refractivity contribution in [3.8, 4) is 39.6 Å². The minimum Gasteiger partial charge on any atom is -0.309 e. The number of nitrogens with zero attached hydrogens (tertiary/aromatic N) is 4. The Labute approximate surface area is 383 Å². The summed E-state index contributed by atoms with van der Waals surface area (Å²) in [6, 6.07) is 54.9. The molecule has 5 heteroatoms. The molecule has 4 nitrogen and oxygen atoms in total. The van der Waals surface area contributed by atoms with E-state index in [-0.39, 0.29) is 59.4 Å². The topological polar surface area (TPSA) is 27.7 Å². The van der Waals surface area contributed by atoms with Crippen molar-refractivity contribution < 1.29 is 11.0 Å². The number of fused-ring (bicyclic) bond motifs is 12. The maximum absolute atomic E-state index is 9.47. The van der Waals surface area contributed by atoms with E-state index in [0.717, 1.165) is 48.9 Å². The average molecular weight is 841 g/mol. The van der Waals surface area contributed by atoms with Crippen molar-refractivity contribution in [1.29, 1.82) is 0 Å². The van der Waals surface area contributed by atoms with E-state index in [1.165, 1.54) is 15.5 Å². The van der Waals surface area contributed by atoms with Crippen molar-refractivity contribution >= 4 is 96.9 Å². The fourth-order valence-electron chi connectivity index (χ4n) is 10.0. The van der Waals surface area contributed by atoms with E-state index in [4.69, 9.17) is 10.5 Å². The van der Waals surface area contributed by atoms with Gasteiger partial charge < -0.3 is 4.57 Å². The number of hydrogen-bond donors (Lipinski definition) is 0. The molecule has 0 radical (unpaired) electrons. The molecular formula is C59H36N4S. The van der Waals surface area contributed by atoms with Crippen molar-refractivity contribution in [2.45, 2.75) is 0 Å². The van der Waals surface area contributed by atoms with Crippen molar-refractivity contribution in [3.05, 3.63) is 218 Å². The van der Waals surface area contributed by atoms with Crippen LogP contribution < -0.4 is 0 Å². The predicted octanol–water partition coefficient (Wildman–Crippen LogP) is 16.1. The van der Waals surface area contributed by atoms with E-state index < -0.39 is 0 Å². The molecule has 0 bridgehead atoms. The van der Waals surface area contributed by atoms with Gasteiger partial charge in [-0.2, -0.15) is 0 Å². The van der Waals surface area contributed by atoms with E-state index in [1.807, 2.05) is 81.9 Å². The zero-order valence-electron chi connectivity index (χ0n) is 41.9. The number of benzene rings is 9. The van der Waals surface area contributed by atoms with Gasteiger partial charge in [0, 0.05) is 58.1 Å². The van der Waals surface area contributed by atoms with Gasteiger partial charge in [0.05, 0.1) is 49.8 Å². The van der Waals surface area contributed by atoms with Crippen LogP contribution in [-0.4, -0.2) is 18.7 Å². The quantitative estimate of drug-likeness (QED) is 0.170. The molecule has 0 atom stereocenters. The first-order valence-electron chi connectivity index (χ1n) is 25.1. The lowest BCUT2D eigenvalue weighted by Gasteiger charge is -2.21. The molecule has 0 aliphatic heterocycles. The van der Waals surface area contributed by atoms with Gasteiger partial charge in [0.25, 0.3) is 0 Å². The number of hydrogen-bond acceptors (Lipinski definition) is 2. The summed E-state index contributed by atoms with van der Waals surface area (Å²) in [7, 11) is 0. The van der Waals surface area contributed by atoms with Crippen LogP contribution in [0, 0.1) is 0 Å². The average Bonchev–Trinajstić information content (AvgIpc) is 4.17. The number of thiophene rings is 1. The third-order valence-electron chi connectivity index (χ3n) is 12.7. The summed E-state index contributed by atoms with van der Waals surface area (Å²) in [5.74, 6) is 0.682. The second-order valence-corrected chi connectivity index (χ2v) is 17.2. The lowest BCUT2D eigenvalue weighted by molar-refractivity contribution is 1.01. The molecule has 5 heterocycles. The highest BCUT2D eigenvalue weighted by Gasteiger charge is 2.23. The van der Waals surface area contributed by atoms with Crippen molar-refractivity contribution in [2.75, 3.05) is 0 Å². The first-order valence-corrected chi connectivity index (χ1v) is 22.0. The molecule has 0 saturated carbocycles. The predicted molar refractivity (Wildman–Crippen MR) is 271 cm³/mol. The molecule has 14 rings (SSSR count). The molecule has 64 heavy (non-hydrogen) atoms. The van der Waals surface area contributed by atoms with Gasteiger partial charge in [0.1, 0.15) is 11.6 Å². The van der Waals surface area contributed by atoms with Gasteiger partial charge in [-0.3, -0.25) is 9.13 Å². The molecule has 5 aromatic heterocycles. The van der Waals surface area contributed by atoms with E-state index in [2.05, 4.69) is 102 Å². The molecule has 0 aliphatic rings. The molecule has 298 valence electrons. The standard InChI is InChI=1S/C59H36N4S/c1-8-24-48-40(16-1)41-17-2-9-25-49(41)61(48)54-30-15-23-39(37-32-33-47-46-22-7-14-31-55(46)64-56(47)34-37)59(54)38-35-57(62-50-26-10-3-18-42(50)43-19-4-11-27-51(43)62)60-58(36-38)63-52-28-12-5-20-44(52)45-21-6-13-29-53(45)63/h1-36H/i3D,5D,10D,12D,18D,20D,26D,28D. The summed E-state index contributed by atoms with van der Waals surface area (Å²) in [5, 5.41) is 6.51. The molecule has 0 N–H and O–H groups in total. The minimum atomic E-state index is -0.373. The summed E-state index contributed by atoms with van der Waals surface area (Å²) < 4.78 is 81.1. The molecule has 0 spiro atoms. The SMILES string of the molecule is [2H]c1c([2H])c([2H])c2c(c1[2H])c1ccccc1n2-c1cc(-c2c(-c3ccc4c(c3)sc3ccccc34)cccc2-n2c3ccccc3c3ccccc32)cc(-n2c3ccccc3c3c([2H])c([2H])c([2H])c([2H])c32)n1. The highest BCUT2D eigenvalue weighted by Crippen LogP contribution is 2.45. The Balaban J connectivity index is 1.18. The van der Waals surface area contributed by atoms with Gasteiger partial charge in [0.15, 0.2) is 0 Å². The summed E-state index contributed by atoms with van der Waals surface area (Å²) in [6.45, 7) is 0. The number of aromatic nitrogens is 4. The lowest BCUT2D eigenvalue weighted by atomic mass is 9.92. The number of para-hydroxylation sites is 6. The highest BCUT2D eigenvalue weighted by atomic mass is 32.1. The molecule has 0 amide bonds. The Hall–Kier alpha value is -8.25. The van der Waals surface area contributed by atoms with Crippen LogP contribution in [-0.2, 0) is 0 Å². The molecule has 9 aromatic carbocycles. The largest absolute Gasteiger partial charge is 0.309 e. The van der Waals surface area contributed by atoms with Gasteiger partial charge in [-0.25, -0.2) is 4.98 Å². The van der Waals surface area contributed by atoms with Crippen LogP contribution in [0.5, 0.6) is 0 Å². The minimum absolute atomic E-state index is 0.161. The van der Waals surface area contributed by atoms with E-state index in [9.17, 15) is 5.48 Å². The Bertz CT molecular complexity index is 4490. The Morgan fingerprint density at radius 2 is 0.844 bits per heavy atom. The second kappa shape index (κ2) is 13.6. The van der Waals surface area contributed by atoms with Crippen molar-refractivity contribution in [3.63, 3.8) is 0 Å². The summed E-state index contributed by atoms with van der Waals surface area (Å²) in [5.41, 5.74) is 8.08. The highest BCUT2D eigenvalue weighted by molar-refractivity contribution is 7.25. The first kappa shape index (κ1) is 28.4. The van der Waals surface area contributed by atoms with Crippen molar-refractivity contribution in [2.24, 2.45) is 0 Å². The Morgan fingerprint density at radius 1 is 0.359 bits per heavy atom. The summed E-state index contributed by atoms with van der Waals surface area (Å²) >= 11 is 1.75. The third kappa shape index (κ3) is 5.07. The fourth-order valence-corrected chi connectivity index (χ4v) is 11.2. The van der Waals surface area contributed by atoms with Crippen LogP contribution in [0.4, 0.5) is 0 Å². The summed E-state index contributed by atoms with van der Waals surface area (Å²) in [4.78, 5) is 5.47. The van der Waals surface area contributed by atoms with E-state index in [1.54, 1.807) is 11.3 Å². The van der Waals surface area contributed by atoms with Gasteiger partial charge in [0.2, 0.25) is 0 Å². The first-order chi connectivity index (χ1) is 35.1. The molecule has 14 aromatic rings. The number of rotatable bonds is 5. The molecule has 0 fully saturated rings. The second-order valence-electron chi connectivity index (χ2n) is 16.1. The molecule has 0 aliphatic carbocycles. The molecule has 0 saturated heterocycles. The molecular weight excluding hydrogens is 797 g/mol. The lowest BCUT2D eigenvalue weighted by Crippen LogP contribution is -2.06. The van der Waals surface area contributed by atoms with E-state index in [0.29, 0.717) is 49.8 Å². The zero-order valence-corrected chi connectivity index (χ0v) is 34.7. The normalized spacial score (nSPS) is 13.8. The maximum Gasteiger partial charge on any atom is 0.140 e. The van der Waals surface area contributed by atoms with Crippen LogP contribution in [0.25, 0.3) is 125 Å². The maximum atomic E-state index is 9.47. The zero-order chi connectivity index (χ0) is 48.8. The Kier molecular flexibility index (Phi) is 6.04. The van der Waals surface area contributed by atoms with Crippen LogP contribution >= 0.6 is 11.3 Å². The van der Waals surface area contributed by atoms with Gasteiger partial charge in [-0.05, 0) is 83.4 Å². The van der Waals surface area contributed by atoms with Crippen LogP contribution in [0.3, 0.4) is 0 Å². The fraction of sp³-hybridized carbons (Fsp3) is 0. The van der Waals surface area contributed by atoms with Gasteiger partial charge >= 0.3 is 0 Å². The molecule has 0 unspecified atom stereocenters. The van der Waals surface area contributed by atoms with Crippen molar-refractivity contribution in [1.82, 2.24) is 18.7 Å².